The molecule has 2 N–H and O–H groups in total. The smallest absolute Gasteiger partial charge is 0.264 e. The lowest BCUT2D eigenvalue weighted by atomic mass is 9.49. The minimum atomic E-state index is -0.475. The van der Waals surface area contributed by atoms with E-state index in [0.29, 0.717) is 17.8 Å². The zero-order valence-corrected chi connectivity index (χ0v) is 19.2. The normalized spacial score (nSPS) is 26.6. The highest BCUT2D eigenvalue weighted by Gasteiger charge is 2.54. The Hall–Kier alpha value is -3.19. The van der Waals surface area contributed by atoms with Crippen LogP contribution in [0.3, 0.4) is 0 Å². The summed E-state index contributed by atoms with van der Waals surface area (Å²) in [5, 5.41) is 0. The lowest BCUT2D eigenvalue weighted by molar-refractivity contribution is -0.149. The van der Waals surface area contributed by atoms with Crippen LogP contribution in [0.4, 0.5) is 11.4 Å². The van der Waals surface area contributed by atoms with Crippen molar-refractivity contribution in [1.29, 1.82) is 0 Å². The summed E-state index contributed by atoms with van der Waals surface area (Å²) in [6, 6.07) is 18.6. The standard InChI is InChI=1S/C27H31N3O4/c31-24(28-29-26(33)27-14-19-11-20(15-27)13-21(12-19)16-27)17-34-18-25(32)30(22-7-3-1-4-8-22)23-9-5-2-6-10-23/h1-10,19-21H,11-18H2,(H,28,31)(H,29,33). The molecule has 2 aromatic carbocycles. The molecule has 4 saturated carbocycles. The predicted octanol–water partition coefficient (Wildman–Crippen LogP) is 3.73. The molecule has 4 bridgehead atoms. The van der Waals surface area contributed by atoms with E-state index in [4.69, 9.17) is 4.74 Å². The zero-order valence-electron chi connectivity index (χ0n) is 19.2. The fourth-order valence-electron chi connectivity index (χ4n) is 6.57. The topological polar surface area (TPSA) is 87.7 Å². The highest BCUT2D eigenvalue weighted by molar-refractivity contribution is 6.01. The lowest BCUT2D eigenvalue weighted by Gasteiger charge is -2.55. The molecule has 0 heterocycles. The molecular weight excluding hydrogens is 430 g/mol. The number of carbonyl (C=O) groups excluding carboxylic acids is 3. The number of hydrogen-bond acceptors (Lipinski definition) is 4. The van der Waals surface area contributed by atoms with Gasteiger partial charge >= 0.3 is 0 Å². The van der Waals surface area contributed by atoms with Gasteiger partial charge in [-0.05, 0) is 80.5 Å². The summed E-state index contributed by atoms with van der Waals surface area (Å²) in [6.45, 7) is -0.579. The number of para-hydroxylation sites is 2. The SMILES string of the molecule is O=C(COCC(=O)N(c1ccccc1)c1ccccc1)NNC(=O)C12CC3CC(CC(C3)C1)C2. The first-order valence-corrected chi connectivity index (χ1v) is 12.1. The molecule has 0 aliphatic heterocycles. The predicted molar refractivity (Wildman–Crippen MR) is 128 cm³/mol. The zero-order chi connectivity index (χ0) is 23.5. The summed E-state index contributed by atoms with van der Waals surface area (Å²) in [6.07, 6.45) is 6.55. The van der Waals surface area contributed by atoms with E-state index >= 15 is 0 Å². The van der Waals surface area contributed by atoms with Gasteiger partial charge in [0.1, 0.15) is 13.2 Å². The number of hydrogen-bond donors (Lipinski definition) is 2. The number of amides is 3. The van der Waals surface area contributed by atoms with E-state index in [1.807, 2.05) is 60.7 Å². The number of hydrazine groups is 1. The third-order valence-electron chi connectivity index (χ3n) is 7.57. The molecule has 0 radical (unpaired) electrons. The quantitative estimate of drug-likeness (QED) is 0.615. The first kappa shape index (κ1) is 22.6. The van der Waals surface area contributed by atoms with Gasteiger partial charge in [0.05, 0.1) is 5.41 Å². The fraction of sp³-hybridized carbons (Fsp3) is 0.444. The van der Waals surface area contributed by atoms with Crippen molar-refractivity contribution in [2.45, 2.75) is 38.5 Å². The average molecular weight is 462 g/mol. The second-order valence-corrected chi connectivity index (χ2v) is 10.1. The second kappa shape index (κ2) is 9.58. The summed E-state index contributed by atoms with van der Waals surface area (Å²) < 4.78 is 5.41. The van der Waals surface area contributed by atoms with E-state index < -0.39 is 5.91 Å². The molecule has 0 unspecified atom stereocenters. The van der Waals surface area contributed by atoms with E-state index in [2.05, 4.69) is 10.9 Å². The van der Waals surface area contributed by atoms with E-state index in [1.54, 1.807) is 4.90 Å². The summed E-state index contributed by atoms with van der Waals surface area (Å²) in [7, 11) is 0. The molecule has 7 nitrogen and oxygen atoms in total. The molecule has 4 aliphatic rings. The summed E-state index contributed by atoms with van der Waals surface area (Å²) >= 11 is 0. The number of rotatable bonds is 7. The molecule has 4 fully saturated rings. The second-order valence-electron chi connectivity index (χ2n) is 10.1. The number of anilines is 2. The van der Waals surface area contributed by atoms with Crippen LogP contribution in [-0.4, -0.2) is 30.9 Å². The van der Waals surface area contributed by atoms with Gasteiger partial charge in [-0.1, -0.05) is 36.4 Å². The van der Waals surface area contributed by atoms with Crippen molar-refractivity contribution in [3.8, 4) is 0 Å². The van der Waals surface area contributed by atoms with E-state index in [1.165, 1.54) is 19.3 Å². The van der Waals surface area contributed by atoms with Crippen molar-refractivity contribution >= 4 is 29.1 Å². The maximum Gasteiger partial charge on any atom is 0.264 e. The molecule has 4 aliphatic carbocycles. The molecule has 0 saturated heterocycles. The first-order chi connectivity index (χ1) is 16.5. The van der Waals surface area contributed by atoms with E-state index in [0.717, 1.165) is 30.6 Å². The number of nitrogens with one attached hydrogen (secondary N) is 2. The average Bonchev–Trinajstić information content (AvgIpc) is 2.83. The van der Waals surface area contributed by atoms with Crippen LogP contribution in [0.2, 0.25) is 0 Å². The van der Waals surface area contributed by atoms with Gasteiger partial charge < -0.3 is 4.74 Å². The van der Waals surface area contributed by atoms with Crippen molar-refractivity contribution in [1.82, 2.24) is 10.9 Å². The van der Waals surface area contributed by atoms with Crippen LogP contribution in [0.25, 0.3) is 0 Å². The molecule has 178 valence electrons. The Morgan fingerprint density at radius 2 is 1.26 bits per heavy atom. The maximum atomic E-state index is 13.0. The Bertz CT molecular complexity index is 966. The van der Waals surface area contributed by atoms with Gasteiger partial charge in [-0.15, -0.1) is 0 Å². The van der Waals surface area contributed by atoms with Gasteiger partial charge in [-0.3, -0.25) is 30.1 Å². The molecule has 0 aromatic heterocycles. The third kappa shape index (κ3) is 4.71. The van der Waals surface area contributed by atoms with Crippen LogP contribution < -0.4 is 15.8 Å². The fourth-order valence-corrected chi connectivity index (χ4v) is 6.57. The van der Waals surface area contributed by atoms with E-state index in [9.17, 15) is 14.4 Å². The lowest BCUT2D eigenvalue weighted by Crippen LogP contribution is -2.57. The van der Waals surface area contributed by atoms with E-state index in [-0.39, 0.29) is 30.4 Å². The molecule has 0 atom stereocenters. The van der Waals surface area contributed by atoms with Crippen LogP contribution in [0.15, 0.2) is 60.7 Å². The summed E-state index contributed by atoms with van der Waals surface area (Å²) in [5.74, 6) is 1.12. The van der Waals surface area contributed by atoms with Gasteiger partial charge in [0.15, 0.2) is 0 Å². The van der Waals surface area contributed by atoms with Crippen LogP contribution >= 0.6 is 0 Å². The summed E-state index contributed by atoms with van der Waals surface area (Å²) in [5.41, 5.74) is 6.23. The van der Waals surface area contributed by atoms with Crippen molar-refractivity contribution in [3.63, 3.8) is 0 Å². The Balaban J connectivity index is 1.12. The third-order valence-corrected chi connectivity index (χ3v) is 7.57. The van der Waals surface area contributed by atoms with Crippen molar-refractivity contribution in [2.24, 2.45) is 23.2 Å². The number of carbonyl (C=O) groups is 3. The Kier molecular flexibility index (Phi) is 6.37. The maximum absolute atomic E-state index is 13.0. The molecule has 7 heteroatoms. The van der Waals surface area contributed by atoms with Gasteiger partial charge in [0, 0.05) is 11.4 Å². The Morgan fingerprint density at radius 3 is 1.76 bits per heavy atom. The molecule has 34 heavy (non-hydrogen) atoms. The minimum absolute atomic E-state index is 0.0737. The van der Waals surface area contributed by atoms with Gasteiger partial charge in [-0.25, -0.2) is 0 Å². The number of benzene rings is 2. The largest absolute Gasteiger partial charge is 0.362 e. The van der Waals surface area contributed by atoms with Crippen LogP contribution in [0, 0.1) is 23.2 Å². The van der Waals surface area contributed by atoms with Crippen molar-refractivity contribution in [3.05, 3.63) is 60.7 Å². The van der Waals surface area contributed by atoms with Crippen LogP contribution in [-0.2, 0) is 19.1 Å². The van der Waals surface area contributed by atoms with Crippen LogP contribution in [0.1, 0.15) is 38.5 Å². The Morgan fingerprint density at radius 1 is 0.765 bits per heavy atom. The molecule has 2 aromatic rings. The van der Waals surface area contributed by atoms with Crippen molar-refractivity contribution < 1.29 is 19.1 Å². The van der Waals surface area contributed by atoms with Gasteiger partial charge in [-0.2, -0.15) is 0 Å². The van der Waals surface area contributed by atoms with Crippen molar-refractivity contribution in [2.75, 3.05) is 18.1 Å². The minimum Gasteiger partial charge on any atom is -0.362 e. The summed E-state index contributed by atoms with van der Waals surface area (Å²) in [4.78, 5) is 39.8. The van der Waals surface area contributed by atoms with Crippen LogP contribution in [0.5, 0.6) is 0 Å². The van der Waals surface area contributed by atoms with Gasteiger partial charge in [0.25, 0.3) is 11.8 Å². The molecule has 0 spiro atoms. The molecular formula is C27H31N3O4. The van der Waals surface area contributed by atoms with Gasteiger partial charge in [0.2, 0.25) is 5.91 Å². The monoisotopic (exact) mass is 461 g/mol. The molecule has 6 rings (SSSR count). The molecule has 3 amide bonds. The Labute approximate surface area is 199 Å². The highest BCUT2D eigenvalue weighted by Crippen LogP contribution is 2.60. The number of nitrogens with zero attached hydrogens (tertiary/aromatic N) is 1. The first-order valence-electron chi connectivity index (χ1n) is 12.1. The highest BCUT2D eigenvalue weighted by atomic mass is 16.5. The number of ether oxygens (including phenoxy) is 1.